The standard InChI is InChI=1S/C18H22O/c1-3-5-14-19-18-12-10-17(11-13-18)16-8-6-15(4-2)7-9-16/h6-13H,3-5,14H2,1-2H3. The molecule has 0 atom stereocenters. The third-order valence-electron chi connectivity index (χ3n) is 3.32. The molecule has 0 amide bonds. The lowest BCUT2D eigenvalue weighted by Gasteiger charge is -2.07. The molecule has 0 bridgehead atoms. The first-order valence-corrected chi connectivity index (χ1v) is 7.15. The van der Waals surface area contributed by atoms with E-state index in [1.54, 1.807) is 0 Å². The molecule has 0 aromatic heterocycles. The topological polar surface area (TPSA) is 9.23 Å². The molecule has 2 aromatic rings. The number of rotatable bonds is 6. The summed E-state index contributed by atoms with van der Waals surface area (Å²) in [7, 11) is 0. The lowest BCUT2D eigenvalue weighted by molar-refractivity contribution is 0.309. The van der Waals surface area contributed by atoms with Crippen molar-refractivity contribution in [2.24, 2.45) is 0 Å². The molecule has 0 aliphatic heterocycles. The first kappa shape index (κ1) is 13.7. The van der Waals surface area contributed by atoms with Crippen LogP contribution in [0.25, 0.3) is 11.1 Å². The van der Waals surface area contributed by atoms with Crippen molar-refractivity contribution in [2.75, 3.05) is 6.61 Å². The van der Waals surface area contributed by atoms with Gasteiger partial charge in [0.05, 0.1) is 6.61 Å². The van der Waals surface area contributed by atoms with Gasteiger partial charge < -0.3 is 4.74 Å². The number of benzene rings is 2. The Labute approximate surface area is 116 Å². The van der Waals surface area contributed by atoms with Crippen LogP contribution in [0.2, 0.25) is 0 Å². The Morgan fingerprint density at radius 1 is 0.789 bits per heavy atom. The maximum Gasteiger partial charge on any atom is 0.119 e. The van der Waals surface area contributed by atoms with Crippen molar-refractivity contribution in [2.45, 2.75) is 33.1 Å². The normalized spacial score (nSPS) is 10.4. The van der Waals surface area contributed by atoms with E-state index in [0.29, 0.717) is 0 Å². The van der Waals surface area contributed by atoms with Crippen molar-refractivity contribution in [1.82, 2.24) is 0 Å². The molecular weight excluding hydrogens is 232 g/mol. The predicted molar refractivity (Wildman–Crippen MR) is 81.7 cm³/mol. The van der Waals surface area contributed by atoms with Crippen molar-refractivity contribution >= 4 is 0 Å². The largest absolute Gasteiger partial charge is 0.494 e. The number of aryl methyl sites for hydroxylation is 1. The maximum atomic E-state index is 5.67. The average Bonchev–Trinajstić information content (AvgIpc) is 2.48. The molecule has 1 heteroatoms. The van der Waals surface area contributed by atoms with E-state index < -0.39 is 0 Å². The van der Waals surface area contributed by atoms with Crippen LogP contribution < -0.4 is 4.74 Å². The van der Waals surface area contributed by atoms with Crippen LogP contribution >= 0.6 is 0 Å². The SMILES string of the molecule is CCCCOc1ccc(-c2ccc(CC)cc2)cc1. The van der Waals surface area contributed by atoms with E-state index in [4.69, 9.17) is 4.74 Å². The molecule has 0 saturated heterocycles. The Kier molecular flexibility index (Phi) is 5.02. The van der Waals surface area contributed by atoms with E-state index in [1.807, 2.05) is 0 Å². The summed E-state index contributed by atoms with van der Waals surface area (Å²) in [6.07, 6.45) is 3.37. The molecule has 1 nitrogen and oxygen atoms in total. The molecule has 2 rings (SSSR count). The van der Waals surface area contributed by atoms with Crippen LogP contribution in [-0.2, 0) is 6.42 Å². The van der Waals surface area contributed by atoms with Crippen LogP contribution in [-0.4, -0.2) is 6.61 Å². The zero-order chi connectivity index (χ0) is 13.5. The Bertz CT molecular complexity index is 482. The first-order chi connectivity index (χ1) is 9.33. The predicted octanol–water partition coefficient (Wildman–Crippen LogP) is 5.09. The highest BCUT2D eigenvalue weighted by atomic mass is 16.5. The highest BCUT2D eigenvalue weighted by Crippen LogP contribution is 2.23. The van der Waals surface area contributed by atoms with Gasteiger partial charge in [-0.2, -0.15) is 0 Å². The molecule has 0 saturated carbocycles. The summed E-state index contributed by atoms with van der Waals surface area (Å²) in [6.45, 7) is 5.16. The average molecular weight is 254 g/mol. The Hall–Kier alpha value is -1.76. The molecular formula is C18H22O. The first-order valence-electron chi connectivity index (χ1n) is 7.15. The molecule has 0 heterocycles. The zero-order valence-electron chi connectivity index (χ0n) is 11.9. The second-order valence-electron chi connectivity index (χ2n) is 4.78. The lowest BCUT2D eigenvalue weighted by Crippen LogP contribution is -1.95. The van der Waals surface area contributed by atoms with E-state index in [9.17, 15) is 0 Å². The summed E-state index contributed by atoms with van der Waals surface area (Å²) in [6, 6.07) is 17.1. The van der Waals surface area contributed by atoms with Gasteiger partial charge in [0.1, 0.15) is 5.75 Å². The van der Waals surface area contributed by atoms with Crippen LogP contribution in [0.1, 0.15) is 32.3 Å². The molecule has 2 aromatic carbocycles. The van der Waals surface area contributed by atoms with E-state index in [0.717, 1.165) is 25.2 Å². The van der Waals surface area contributed by atoms with Crippen LogP contribution in [0.5, 0.6) is 5.75 Å². The number of hydrogen-bond acceptors (Lipinski definition) is 1. The summed E-state index contributed by atoms with van der Waals surface area (Å²) in [4.78, 5) is 0. The van der Waals surface area contributed by atoms with Crippen molar-refractivity contribution in [3.05, 3.63) is 54.1 Å². The lowest BCUT2D eigenvalue weighted by atomic mass is 10.0. The maximum absolute atomic E-state index is 5.67. The van der Waals surface area contributed by atoms with E-state index in [1.165, 1.54) is 23.1 Å². The number of hydrogen-bond donors (Lipinski definition) is 0. The molecule has 0 aliphatic carbocycles. The van der Waals surface area contributed by atoms with Crippen LogP contribution in [0.4, 0.5) is 0 Å². The monoisotopic (exact) mass is 254 g/mol. The molecule has 0 radical (unpaired) electrons. The fraction of sp³-hybridized carbons (Fsp3) is 0.333. The Balaban J connectivity index is 2.04. The van der Waals surface area contributed by atoms with E-state index in [-0.39, 0.29) is 0 Å². The van der Waals surface area contributed by atoms with Gasteiger partial charge in [-0.3, -0.25) is 0 Å². The summed E-state index contributed by atoms with van der Waals surface area (Å²) >= 11 is 0. The van der Waals surface area contributed by atoms with E-state index >= 15 is 0 Å². The molecule has 0 fully saturated rings. The minimum Gasteiger partial charge on any atom is -0.494 e. The zero-order valence-corrected chi connectivity index (χ0v) is 11.9. The summed E-state index contributed by atoms with van der Waals surface area (Å²) < 4.78 is 5.67. The molecule has 19 heavy (non-hydrogen) atoms. The molecule has 0 aliphatic rings. The fourth-order valence-electron chi connectivity index (χ4n) is 2.01. The Morgan fingerprint density at radius 2 is 1.37 bits per heavy atom. The highest BCUT2D eigenvalue weighted by molar-refractivity contribution is 5.64. The van der Waals surface area contributed by atoms with Gasteiger partial charge in [0.2, 0.25) is 0 Å². The van der Waals surface area contributed by atoms with Crippen molar-refractivity contribution in [3.63, 3.8) is 0 Å². The highest BCUT2D eigenvalue weighted by Gasteiger charge is 1.99. The van der Waals surface area contributed by atoms with Crippen LogP contribution in [0.15, 0.2) is 48.5 Å². The summed E-state index contributed by atoms with van der Waals surface area (Å²) in [5.74, 6) is 0.961. The summed E-state index contributed by atoms with van der Waals surface area (Å²) in [5, 5.41) is 0. The van der Waals surface area contributed by atoms with Gasteiger partial charge in [-0.1, -0.05) is 56.7 Å². The van der Waals surface area contributed by atoms with Crippen LogP contribution in [0.3, 0.4) is 0 Å². The van der Waals surface area contributed by atoms with Gasteiger partial charge in [-0.15, -0.1) is 0 Å². The van der Waals surface area contributed by atoms with Gasteiger partial charge in [-0.25, -0.2) is 0 Å². The second-order valence-corrected chi connectivity index (χ2v) is 4.78. The molecule has 100 valence electrons. The van der Waals surface area contributed by atoms with Crippen molar-refractivity contribution in [1.29, 1.82) is 0 Å². The van der Waals surface area contributed by atoms with Gasteiger partial charge in [0.15, 0.2) is 0 Å². The number of unbranched alkanes of at least 4 members (excludes halogenated alkanes) is 1. The third-order valence-corrected chi connectivity index (χ3v) is 3.32. The fourth-order valence-corrected chi connectivity index (χ4v) is 2.01. The quantitative estimate of drug-likeness (QED) is 0.652. The smallest absolute Gasteiger partial charge is 0.119 e. The second kappa shape index (κ2) is 6.98. The van der Waals surface area contributed by atoms with Gasteiger partial charge in [0.25, 0.3) is 0 Å². The van der Waals surface area contributed by atoms with Gasteiger partial charge in [0, 0.05) is 0 Å². The summed E-state index contributed by atoms with van der Waals surface area (Å²) in [5.41, 5.74) is 3.88. The van der Waals surface area contributed by atoms with Crippen molar-refractivity contribution in [3.8, 4) is 16.9 Å². The molecule has 0 unspecified atom stereocenters. The van der Waals surface area contributed by atoms with Gasteiger partial charge >= 0.3 is 0 Å². The molecule has 0 N–H and O–H groups in total. The minimum atomic E-state index is 0.807. The third kappa shape index (κ3) is 3.85. The van der Waals surface area contributed by atoms with Crippen LogP contribution in [0, 0.1) is 0 Å². The number of ether oxygens (including phenoxy) is 1. The molecule has 0 spiro atoms. The Morgan fingerprint density at radius 3 is 1.89 bits per heavy atom. The van der Waals surface area contributed by atoms with E-state index in [2.05, 4.69) is 62.4 Å². The van der Waals surface area contributed by atoms with Crippen molar-refractivity contribution < 1.29 is 4.74 Å². The van der Waals surface area contributed by atoms with Gasteiger partial charge in [-0.05, 0) is 41.7 Å². The minimum absolute atomic E-state index is 0.807.